The second-order valence-corrected chi connectivity index (χ2v) is 9.08. The number of aromatic nitrogens is 1. The van der Waals surface area contributed by atoms with Crippen LogP contribution in [0.3, 0.4) is 0 Å². The number of sulfonamides is 1. The predicted molar refractivity (Wildman–Crippen MR) is 111 cm³/mol. The van der Waals surface area contributed by atoms with Crippen molar-refractivity contribution in [1.82, 2.24) is 4.98 Å². The van der Waals surface area contributed by atoms with Crippen LogP contribution in [0, 0.1) is 3.57 Å². The average molecular weight is 499 g/mol. The monoisotopic (exact) mass is 499 g/mol. The van der Waals surface area contributed by atoms with Gasteiger partial charge in [0.1, 0.15) is 0 Å². The Labute approximate surface area is 168 Å². The Hall–Kier alpha value is -1.98. The first-order valence-corrected chi connectivity index (χ1v) is 10.9. The van der Waals surface area contributed by atoms with Crippen LogP contribution in [0.1, 0.15) is 5.69 Å². The summed E-state index contributed by atoms with van der Waals surface area (Å²) in [5, 5.41) is 4.68. The lowest BCUT2D eigenvalue weighted by molar-refractivity contribution is -0.115. The molecule has 0 saturated carbocycles. The van der Waals surface area contributed by atoms with Crippen LogP contribution in [0.4, 0.5) is 10.8 Å². The molecule has 0 atom stereocenters. The summed E-state index contributed by atoms with van der Waals surface area (Å²) in [7, 11) is -3.68. The van der Waals surface area contributed by atoms with Crippen molar-refractivity contribution in [2.45, 2.75) is 11.3 Å². The van der Waals surface area contributed by atoms with E-state index in [0.717, 1.165) is 14.9 Å². The lowest BCUT2D eigenvalue weighted by Gasteiger charge is -2.05. The Kier molecular flexibility index (Phi) is 5.89. The van der Waals surface area contributed by atoms with E-state index < -0.39 is 10.0 Å². The summed E-state index contributed by atoms with van der Waals surface area (Å²) in [5.74, 6) is -0.214. The molecule has 1 amide bonds. The standard InChI is InChI=1S/C17H14IN3O3S2/c18-12-6-8-13(9-7-12)19-16(22)10-14-11-25-17(20-14)21-26(23,24)15-4-2-1-3-5-15/h1-9,11H,10H2,(H,19,22)(H,20,21). The number of hydrogen-bond acceptors (Lipinski definition) is 5. The second-order valence-electron chi connectivity index (χ2n) is 5.29. The van der Waals surface area contributed by atoms with Crippen LogP contribution in [0.2, 0.25) is 0 Å². The van der Waals surface area contributed by atoms with Gasteiger partial charge < -0.3 is 5.32 Å². The molecule has 1 heterocycles. The summed E-state index contributed by atoms with van der Waals surface area (Å²) in [5.41, 5.74) is 1.21. The highest BCUT2D eigenvalue weighted by molar-refractivity contribution is 14.1. The van der Waals surface area contributed by atoms with E-state index in [2.05, 4.69) is 37.6 Å². The molecule has 1 aromatic heterocycles. The van der Waals surface area contributed by atoms with E-state index in [1.807, 2.05) is 24.3 Å². The fraction of sp³-hybridized carbons (Fsp3) is 0.0588. The summed E-state index contributed by atoms with van der Waals surface area (Å²) in [6, 6.07) is 15.5. The van der Waals surface area contributed by atoms with Crippen LogP contribution >= 0.6 is 33.9 Å². The van der Waals surface area contributed by atoms with Gasteiger partial charge in [-0.3, -0.25) is 9.52 Å². The van der Waals surface area contributed by atoms with E-state index in [0.29, 0.717) is 11.4 Å². The van der Waals surface area contributed by atoms with Gasteiger partial charge in [-0.15, -0.1) is 11.3 Å². The molecule has 2 aromatic carbocycles. The molecule has 0 aliphatic heterocycles. The third-order valence-electron chi connectivity index (χ3n) is 3.30. The highest BCUT2D eigenvalue weighted by Crippen LogP contribution is 2.20. The molecule has 3 aromatic rings. The van der Waals surface area contributed by atoms with E-state index in [9.17, 15) is 13.2 Å². The number of nitrogens with zero attached hydrogens (tertiary/aromatic N) is 1. The van der Waals surface area contributed by atoms with Gasteiger partial charge in [-0.25, -0.2) is 13.4 Å². The third kappa shape index (κ3) is 5.02. The number of nitrogens with one attached hydrogen (secondary N) is 2. The van der Waals surface area contributed by atoms with Crippen LogP contribution < -0.4 is 10.0 Å². The number of hydrogen-bond donors (Lipinski definition) is 2. The van der Waals surface area contributed by atoms with Crippen molar-refractivity contribution in [3.8, 4) is 0 Å². The van der Waals surface area contributed by atoms with Crippen molar-refractivity contribution in [3.63, 3.8) is 0 Å². The van der Waals surface area contributed by atoms with E-state index in [-0.39, 0.29) is 22.4 Å². The number of carbonyl (C=O) groups excluding carboxylic acids is 1. The quantitative estimate of drug-likeness (QED) is 0.506. The minimum atomic E-state index is -3.68. The van der Waals surface area contributed by atoms with Gasteiger partial charge in [0.05, 0.1) is 17.0 Å². The van der Waals surface area contributed by atoms with Crippen molar-refractivity contribution >= 4 is 60.7 Å². The molecule has 0 unspecified atom stereocenters. The summed E-state index contributed by atoms with van der Waals surface area (Å²) < 4.78 is 28.1. The van der Waals surface area contributed by atoms with Crippen LogP contribution in [0.5, 0.6) is 0 Å². The number of amides is 1. The van der Waals surface area contributed by atoms with Gasteiger partial charge in [0, 0.05) is 14.6 Å². The zero-order valence-corrected chi connectivity index (χ0v) is 17.1. The number of benzene rings is 2. The third-order valence-corrected chi connectivity index (χ3v) is 6.31. The van der Waals surface area contributed by atoms with E-state index >= 15 is 0 Å². The number of carbonyl (C=O) groups is 1. The largest absolute Gasteiger partial charge is 0.326 e. The SMILES string of the molecule is O=C(Cc1csc(NS(=O)(=O)c2ccccc2)n1)Nc1ccc(I)cc1. The van der Waals surface area contributed by atoms with Crippen LogP contribution in [-0.4, -0.2) is 19.3 Å². The molecule has 0 aliphatic rings. The first-order chi connectivity index (χ1) is 12.4. The topological polar surface area (TPSA) is 88.2 Å². The Morgan fingerprint density at radius 2 is 1.77 bits per heavy atom. The van der Waals surface area contributed by atoms with Gasteiger partial charge in [0.2, 0.25) is 5.91 Å². The maximum absolute atomic E-state index is 12.3. The smallest absolute Gasteiger partial charge is 0.263 e. The Bertz CT molecular complexity index is 1000. The van der Waals surface area contributed by atoms with E-state index in [1.165, 1.54) is 12.1 Å². The lowest BCUT2D eigenvalue weighted by Crippen LogP contribution is -2.15. The molecule has 0 bridgehead atoms. The van der Waals surface area contributed by atoms with Gasteiger partial charge in [-0.2, -0.15) is 0 Å². The average Bonchev–Trinajstić information content (AvgIpc) is 3.03. The summed E-state index contributed by atoms with van der Waals surface area (Å²) >= 11 is 3.33. The molecular formula is C17H14IN3O3S2. The summed E-state index contributed by atoms with van der Waals surface area (Å²) in [6.07, 6.45) is 0.0650. The zero-order chi connectivity index (χ0) is 18.6. The highest BCUT2D eigenvalue weighted by atomic mass is 127. The summed E-state index contributed by atoms with van der Waals surface area (Å²) in [6.45, 7) is 0. The maximum Gasteiger partial charge on any atom is 0.263 e. The minimum absolute atomic E-state index is 0.0650. The molecule has 26 heavy (non-hydrogen) atoms. The van der Waals surface area contributed by atoms with Crippen LogP contribution in [-0.2, 0) is 21.2 Å². The molecule has 0 fully saturated rings. The Balaban J connectivity index is 1.62. The van der Waals surface area contributed by atoms with Gasteiger partial charge in [0.15, 0.2) is 5.13 Å². The maximum atomic E-state index is 12.3. The Morgan fingerprint density at radius 3 is 2.46 bits per heavy atom. The van der Waals surface area contributed by atoms with Gasteiger partial charge in [0.25, 0.3) is 10.0 Å². The van der Waals surface area contributed by atoms with Crippen molar-refractivity contribution in [1.29, 1.82) is 0 Å². The first-order valence-electron chi connectivity index (χ1n) is 7.50. The molecule has 2 N–H and O–H groups in total. The fourth-order valence-corrected chi connectivity index (χ4v) is 4.46. The number of anilines is 2. The molecule has 0 spiro atoms. The first kappa shape index (κ1) is 18.8. The highest BCUT2D eigenvalue weighted by Gasteiger charge is 2.16. The molecule has 3 rings (SSSR count). The van der Waals surface area contributed by atoms with Crippen molar-refractivity contribution in [2.24, 2.45) is 0 Å². The van der Waals surface area contributed by atoms with E-state index in [1.54, 1.807) is 23.6 Å². The van der Waals surface area contributed by atoms with Gasteiger partial charge in [-0.05, 0) is 59.0 Å². The molecule has 0 saturated heterocycles. The van der Waals surface area contributed by atoms with Crippen molar-refractivity contribution in [3.05, 3.63) is 69.2 Å². The van der Waals surface area contributed by atoms with Crippen LogP contribution in [0.25, 0.3) is 0 Å². The molecule has 0 aliphatic carbocycles. The zero-order valence-electron chi connectivity index (χ0n) is 13.3. The number of halogens is 1. The number of thiazole rings is 1. The normalized spacial score (nSPS) is 11.1. The van der Waals surface area contributed by atoms with E-state index in [4.69, 9.17) is 0 Å². The molecule has 6 nitrogen and oxygen atoms in total. The van der Waals surface area contributed by atoms with Crippen molar-refractivity contribution < 1.29 is 13.2 Å². The molecule has 134 valence electrons. The molecule has 0 radical (unpaired) electrons. The Morgan fingerprint density at radius 1 is 1.08 bits per heavy atom. The van der Waals surface area contributed by atoms with Gasteiger partial charge >= 0.3 is 0 Å². The fourth-order valence-electron chi connectivity index (χ4n) is 2.11. The van der Waals surface area contributed by atoms with Crippen LogP contribution in [0.15, 0.2) is 64.9 Å². The van der Waals surface area contributed by atoms with Crippen molar-refractivity contribution in [2.75, 3.05) is 10.0 Å². The lowest BCUT2D eigenvalue weighted by atomic mass is 10.3. The minimum Gasteiger partial charge on any atom is -0.326 e. The van der Waals surface area contributed by atoms with Gasteiger partial charge in [-0.1, -0.05) is 18.2 Å². The molecular weight excluding hydrogens is 485 g/mol. The molecule has 9 heteroatoms. The second kappa shape index (κ2) is 8.14. The predicted octanol–water partition coefficient (Wildman–Crippen LogP) is 3.73. The summed E-state index contributed by atoms with van der Waals surface area (Å²) in [4.78, 5) is 16.4. The number of rotatable bonds is 6.